The zero-order chi connectivity index (χ0) is 75.8. The lowest BCUT2D eigenvalue weighted by Gasteiger charge is -2.21. The minimum atomic E-state index is -4.97. The average molecular weight is 1500 g/mol. The number of phosphoric ester groups is 2. The van der Waals surface area contributed by atoms with E-state index in [1.165, 1.54) is 212 Å². The molecule has 0 saturated heterocycles. The average Bonchev–Trinajstić information content (AvgIpc) is 0.934. The van der Waals surface area contributed by atoms with Crippen LogP contribution in [0.15, 0.2) is 24.3 Å². The Morgan fingerprint density at radius 1 is 0.311 bits per heavy atom. The second kappa shape index (κ2) is 73.7. The predicted molar refractivity (Wildman–Crippen MR) is 423 cm³/mol. The summed E-state index contributed by atoms with van der Waals surface area (Å²) >= 11 is 0. The van der Waals surface area contributed by atoms with Crippen LogP contribution in [0.4, 0.5) is 0 Å². The molecule has 0 bridgehead atoms. The lowest BCUT2D eigenvalue weighted by atomic mass is 9.99. The van der Waals surface area contributed by atoms with E-state index in [9.17, 15) is 43.2 Å². The van der Waals surface area contributed by atoms with E-state index in [4.69, 9.17) is 37.0 Å². The molecule has 0 heterocycles. The van der Waals surface area contributed by atoms with Crippen LogP contribution in [0.25, 0.3) is 0 Å². The van der Waals surface area contributed by atoms with E-state index in [0.29, 0.717) is 25.7 Å². The van der Waals surface area contributed by atoms with Crippen molar-refractivity contribution in [2.24, 2.45) is 17.8 Å². The van der Waals surface area contributed by atoms with Crippen LogP contribution in [0.3, 0.4) is 0 Å². The van der Waals surface area contributed by atoms with Crippen molar-refractivity contribution in [3.8, 4) is 0 Å². The number of ether oxygens (including phenoxy) is 4. The summed E-state index contributed by atoms with van der Waals surface area (Å²) in [6.45, 7) is 12.0. The molecule has 0 aliphatic heterocycles. The van der Waals surface area contributed by atoms with Crippen molar-refractivity contribution >= 4 is 39.5 Å². The Morgan fingerprint density at radius 2 is 0.544 bits per heavy atom. The third-order valence-electron chi connectivity index (χ3n) is 20.1. The van der Waals surface area contributed by atoms with Crippen molar-refractivity contribution in [3.05, 3.63) is 24.3 Å². The molecule has 5 unspecified atom stereocenters. The molecular weight excluding hydrogens is 1340 g/mol. The van der Waals surface area contributed by atoms with Crippen molar-refractivity contribution in [3.63, 3.8) is 0 Å². The number of carbonyl (C=O) groups is 4. The van der Waals surface area contributed by atoms with Gasteiger partial charge in [0.25, 0.3) is 0 Å². The molecule has 17 nitrogen and oxygen atoms in total. The third-order valence-corrected chi connectivity index (χ3v) is 22.0. The predicted octanol–water partition coefficient (Wildman–Crippen LogP) is 24.9. The highest BCUT2D eigenvalue weighted by Crippen LogP contribution is 2.45. The maximum atomic E-state index is 13.1. The van der Waals surface area contributed by atoms with Gasteiger partial charge in [-0.2, -0.15) is 0 Å². The Kier molecular flexibility index (Phi) is 71.9. The van der Waals surface area contributed by atoms with Gasteiger partial charge in [-0.15, -0.1) is 0 Å². The monoisotopic (exact) mass is 1500 g/mol. The van der Waals surface area contributed by atoms with E-state index in [2.05, 4.69) is 72.8 Å². The molecule has 0 aromatic rings. The Morgan fingerprint density at radius 3 is 0.816 bits per heavy atom. The van der Waals surface area contributed by atoms with Gasteiger partial charge in [-0.1, -0.05) is 362 Å². The Balaban J connectivity index is 5.31. The van der Waals surface area contributed by atoms with Crippen molar-refractivity contribution < 1.29 is 80.2 Å². The molecule has 0 aliphatic rings. The normalized spacial score (nSPS) is 14.9. The number of rotatable bonds is 80. The second-order valence-electron chi connectivity index (χ2n) is 30.3. The number of aliphatic hydroxyl groups excluding tert-OH is 1. The van der Waals surface area contributed by atoms with E-state index in [-0.39, 0.29) is 25.7 Å². The maximum absolute atomic E-state index is 13.1. The highest BCUT2D eigenvalue weighted by molar-refractivity contribution is 7.47. The number of aliphatic hydroxyl groups is 1. The smallest absolute Gasteiger partial charge is 0.462 e. The molecule has 0 radical (unpaired) electrons. The molecule has 0 saturated carbocycles. The molecule has 0 spiro atoms. The molecule has 0 amide bonds. The summed E-state index contributed by atoms with van der Waals surface area (Å²) in [6.07, 6.45) is 65.8. The molecule has 0 aromatic carbocycles. The van der Waals surface area contributed by atoms with E-state index in [1.807, 2.05) is 0 Å². The van der Waals surface area contributed by atoms with Crippen LogP contribution in [0.2, 0.25) is 0 Å². The molecule has 0 rings (SSSR count). The molecular formula is C84H160O17P2. The summed E-state index contributed by atoms with van der Waals surface area (Å²) in [5, 5.41) is 10.7. The van der Waals surface area contributed by atoms with Crippen molar-refractivity contribution in [2.75, 3.05) is 39.6 Å². The lowest BCUT2D eigenvalue weighted by Crippen LogP contribution is -2.30. The molecule has 608 valence electrons. The number of allylic oxidation sites excluding steroid dienone is 4. The molecule has 19 heteroatoms. The first-order valence-corrected chi connectivity index (χ1v) is 45.8. The quantitative estimate of drug-likeness (QED) is 0.0169. The number of carbonyl (C=O) groups excluding carboxylic acids is 4. The Bertz CT molecular complexity index is 2090. The standard InChI is InChI=1S/C84H160O17P2/c1-8-12-13-14-15-16-17-18-19-27-32-37-46-53-60-67-84(89)101-80(72-95-82(87)66-59-52-45-40-39-43-50-57-64-77(7)11-4)74-99-103(92,93)97-70-78(85)69-96-102(90,91)98-73-79(100-83(88)68-61-54-47-38-33-28-23-21-25-30-35-42-49-56-63-76(6)10-3)71-94-81(86)65-58-51-44-36-31-26-22-20-24-29-34-41-48-55-62-75(5)9-2/h16-19,75-80,85H,8-15,20-74H2,1-7H3,(H,90,91)(H,92,93)/b17-16-,19-18-/t75?,76?,77?,78-,79-,80-/m1/s1. The first-order chi connectivity index (χ1) is 49.8. The van der Waals surface area contributed by atoms with Crippen LogP contribution >= 0.6 is 15.6 Å². The van der Waals surface area contributed by atoms with Crippen molar-refractivity contribution in [1.82, 2.24) is 0 Å². The zero-order valence-corrected chi connectivity index (χ0v) is 69.1. The van der Waals surface area contributed by atoms with E-state index >= 15 is 0 Å². The van der Waals surface area contributed by atoms with Gasteiger partial charge in [0.1, 0.15) is 19.3 Å². The van der Waals surface area contributed by atoms with E-state index < -0.39 is 97.5 Å². The van der Waals surface area contributed by atoms with Crippen molar-refractivity contribution in [2.45, 2.75) is 433 Å². The van der Waals surface area contributed by atoms with Crippen LogP contribution in [0, 0.1) is 17.8 Å². The molecule has 8 atom stereocenters. The van der Waals surface area contributed by atoms with Crippen LogP contribution in [0.5, 0.6) is 0 Å². The van der Waals surface area contributed by atoms with Gasteiger partial charge in [-0.3, -0.25) is 37.3 Å². The first kappa shape index (κ1) is 101. The first-order valence-electron chi connectivity index (χ1n) is 42.8. The number of hydrogen-bond acceptors (Lipinski definition) is 15. The zero-order valence-electron chi connectivity index (χ0n) is 67.3. The van der Waals surface area contributed by atoms with Gasteiger partial charge in [0.15, 0.2) is 12.2 Å². The summed E-state index contributed by atoms with van der Waals surface area (Å²) in [5.41, 5.74) is 0. The maximum Gasteiger partial charge on any atom is 0.472 e. The van der Waals surface area contributed by atoms with Gasteiger partial charge in [-0.25, -0.2) is 9.13 Å². The number of phosphoric acid groups is 2. The highest BCUT2D eigenvalue weighted by atomic mass is 31.2. The second-order valence-corrected chi connectivity index (χ2v) is 33.2. The minimum absolute atomic E-state index is 0.0845. The number of hydrogen-bond donors (Lipinski definition) is 3. The van der Waals surface area contributed by atoms with E-state index in [1.54, 1.807) is 0 Å². The molecule has 103 heavy (non-hydrogen) atoms. The molecule has 0 fully saturated rings. The van der Waals surface area contributed by atoms with Gasteiger partial charge in [-0.05, 0) is 69.1 Å². The molecule has 0 aliphatic carbocycles. The van der Waals surface area contributed by atoms with Gasteiger partial charge in [0, 0.05) is 25.7 Å². The molecule has 0 aromatic heterocycles. The Hall–Kier alpha value is -2.46. The fourth-order valence-electron chi connectivity index (χ4n) is 12.4. The van der Waals surface area contributed by atoms with Crippen LogP contribution in [-0.2, 0) is 65.4 Å². The van der Waals surface area contributed by atoms with Crippen LogP contribution in [0.1, 0.15) is 414 Å². The Labute approximate surface area is 631 Å². The van der Waals surface area contributed by atoms with Gasteiger partial charge >= 0.3 is 39.5 Å². The highest BCUT2D eigenvalue weighted by Gasteiger charge is 2.30. The van der Waals surface area contributed by atoms with Gasteiger partial charge in [0.05, 0.1) is 26.4 Å². The summed E-state index contributed by atoms with van der Waals surface area (Å²) < 4.78 is 68.8. The topological polar surface area (TPSA) is 237 Å². The lowest BCUT2D eigenvalue weighted by molar-refractivity contribution is -0.161. The SMILES string of the molecule is CCCCCC/C=C\C=C/CCCCCCCC(=O)O[C@H](COC(=O)CCCCCCCCCCC(C)CC)COP(=O)(O)OC[C@H](O)COP(=O)(O)OC[C@@H](COC(=O)CCCCCCCCCCCCCCCCC(C)CC)OC(=O)CCCCCCCCCCCCCCCCC(C)CC. The van der Waals surface area contributed by atoms with Crippen LogP contribution in [-0.4, -0.2) is 96.7 Å². The summed E-state index contributed by atoms with van der Waals surface area (Å²) in [5.74, 6) is 0.330. The number of unbranched alkanes of at least 4 members (excludes halogenated alkanes) is 42. The third kappa shape index (κ3) is 73.5. The van der Waals surface area contributed by atoms with Crippen molar-refractivity contribution in [1.29, 1.82) is 0 Å². The fourth-order valence-corrected chi connectivity index (χ4v) is 14.0. The largest absolute Gasteiger partial charge is 0.472 e. The van der Waals surface area contributed by atoms with Crippen LogP contribution < -0.4 is 0 Å². The summed E-state index contributed by atoms with van der Waals surface area (Å²) in [6, 6.07) is 0. The van der Waals surface area contributed by atoms with E-state index in [0.717, 1.165) is 120 Å². The number of esters is 4. The van der Waals surface area contributed by atoms with Gasteiger partial charge < -0.3 is 33.8 Å². The summed E-state index contributed by atoms with van der Waals surface area (Å²) in [7, 11) is -9.94. The summed E-state index contributed by atoms with van der Waals surface area (Å²) in [4.78, 5) is 73.2. The molecule has 3 N–H and O–H groups in total. The van der Waals surface area contributed by atoms with Gasteiger partial charge in [0.2, 0.25) is 0 Å². The minimum Gasteiger partial charge on any atom is -0.462 e. The fraction of sp³-hybridized carbons (Fsp3) is 0.905.